The number of benzene rings is 2. The molecule has 5 aromatic rings. The first kappa shape index (κ1) is 19.0. The van der Waals surface area contributed by atoms with Crippen LogP contribution in [-0.4, -0.2) is 37.1 Å². The van der Waals surface area contributed by atoms with Gasteiger partial charge in [0, 0.05) is 29.4 Å². The van der Waals surface area contributed by atoms with Crippen molar-refractivity contribution in [1.82, 2.24) is 30.5 Å². The fourth-order valence-electron chi connectivity index (χ4n) is 3.75. The van der Waals surface area contributed by atoms with Gasteiger partial charge in [-0.05, 0) is 36.8 Å². The maximum absolute atomic E-state index is 12.9. The fourth-order valence-corrected chi connectivity index (χ4v) is 3.75. The second-order valence-corrected chi connectivity index (χ2v) is 7.52. The van der Waals surface area contributed by atoms with Gasteiger partial charge in [0.25, 0.3) is 5.91 Å². The van der Waals surface area contributed by atoms with Gasteiger partial charge in [-0.2, -0.15) is 0 Å². The SMILES string of the molecule is CC(N)C(NC(=O)c1nc2cc3[nH][nH]c(-c4ccncc4)c3cc2n1)c1ccccc1. The Morgan fingerprint density at radius 3 is 2.42 bits per heavy atom. The summed E-state index contributed by atoms with van der Waals surface area (Å²) in [6, 6.07) is 16.7. The first-order chi connectivity index (χ1) is 15.1. The number of amides is 1. The molecule has 0 spiro atoms. The highest BCUT2D eigenvalue weighted by molar-refractivity contribution is 6.02. The number of hydrogen-bond acceptors (Lipinski definition) is 5. The van der Waals surface area contributed by atoms with Gasteiger partial charge in [0.1, 0.15) is 0 Å². The van der Waals surface area contributed by atoms with Gasteiger partial charge in [0.05, 0.1) is 28.3 Å². The van der Waals surface area contributed by atoms with Crippen molar-refractivity contribution >= 4 is 27.8 Å². The van der Waals surface area contributed by atoms with Crippen LogP contribution in [0.15, 0.2) is 67.0 Å². The van der Waals surface area contributed by atoms with Crippen LogP contribution >= 0.6 is 0 Å². The third kappa shape index (κ3) is 3.53. The summed E-state index contributed by atoms with van der Waals surface area (Å²) in [5.41, 5.74) is 11.2. The van der Waals surface area contributed by atoms with Gasteiger partial charge in [-0.15, -0.1) is 0 Å². The van der Waals surface area contributed by atoms with Crippen molar-refractivity contribution in [2.24, 2.45) is 5.73 Å². The van der Waals surface area contributed by atoms with E-state index in [1.54, 1.807) is 12.4 Å². The molecule has 3 heterocycles. The van der Waals surface area contributed by atoms with E-state index >= 15 is 0 Å². The molecule has 8 nitrogen and oxygen atoms in total. The molecular formula is C23H21N7O. The fraction of sp³-hybridized carbons (Fsp3) is 0.130. The van der Waals surface area contributed by atoms with Crippen molar-refractivity contribution < 1.29 is 4.79 Å². The summed E-state index contributed by atoms with van der Waals surface area (Å²) in [6.07, 6.45) is 3.49. The van der Waals surface area contributed by atoms with Crippen molar-refractivity contribution in [2.45, 2.75) is 19.0 Å². The Morgan fingerprint density at radius 1 is 1.00 bits per heavy atom. The van der Waals surface area contributed by atoms with Crippen molar-refractivity contribution in [2.75, 3.05) is 0 Å². The molecule has 2 aromatic carbocycles. The van der Waals surface area contributed by atoms with E-state index < -0.39 is 0 Å². The summed E-state index contributed by atoms with van der Waals surface area (Å²) >= 11 is 0. The van der Waals surface area contributed by atoms with Gasteiger partial charge in [-0.1, -0.05) is 30.3 Å². The van der Waals surface area contributed by atoms with E-state index in [9.17, 15) is 4.79 Å². The quantitative estimate of drug-likeness (QED) is 0.353. The third-order valence-electron chi connectivity index (χ3n) is 5.30. The van der Waals surface area contributed by atoms with E-state index in [0.717, 1.165) is 27.7 Å². The minimum absolute atomic E-state index is 0.124. The Morgan fingerprint density at radius 2 is 1.71 bits per heavy atom. The second kappa shape index (κ2) is 7.66. The molecule has 5 rings (SSSR count). The number of carbonyl (C=O) groups excluding carboxylic acids is 1. The summed E-state index contributed by atoms with van der Waals surface area (Å²) in [5, 5.41) is 10.3. The zero-order valence-electron chi connectivity index (χ0n) is 16.8. The topological polar surface area (TPSA) is 125 Å². The molecule has 2 atom stereocenters. The Labute approximate surface area is 177 Å². The van der Waals surface area contributed by atoms with Crippen LogP contribution < -0.4 is 11.1 Å². The highest BCUT2D eigenvalue weighted by Crippen LogP contribution is 2.29. The molecule has 0 aliphatic heterocycles. The van der Waals surface area contributed by atoms with Crippen LogP contribution in [0.4, 0.5) is 0 Å². The van der Waals surface area contributed by atoms with Gasteiger partial charge < -0.3 is 16.1 Å². The number of pyridine rings is 1. The summed E-state index contributed by atoms with van der Waals surface area (Å²) in [6.45, 7) is 1.86. The first-order valence-electron chi connectivity index (χ1n) is 10.00. The van der Waals surface area contributed by atoms with Crippen LogP contribution in [0.5, 0.6) is 0 Å². The van der Waals surface area contributed by atoms with Gasteiger partial charge in [0.2, 0.25) is 5.82 Å². The number of fused-ring (bicyclic) bond motifs is 2. The average Bonchev–Trinajstić information content (AvgIpc) is 3.40. The van der Waals surface area contributed by atoms with Crippen LogP contribution in [0, 0.1) is 0 Å². The van der Waals surface area contributed by atoms with Gasteiger partial charge in [-0.25, -0.2) is 9.97 Å². The second-order valence-electron chi connectivity index (χ2n) is 7.52. The number of nitrogens with zero attached hydrogens (tertiary/aromatic N) is 3. The number of rotatable bonds is 5. The third-order valence-corrected chi connectivity index (χ3v) is 5.30. The molecule has 8 heteroatoms. The molecule has 3 aromatic heterocycles. The van der Waals surface area contributed by atoms with Gasteiger partial charge >= 0.3 is 0 Å². The maximum atomic E-state index is 12.9. The molecule has 0 radical (unpaired) electrons. The number of H-pyrrole nitrogens is 2. The van der Waals surface area contributed by atoms with Crippen LogP contribution in [0.1, 0.15) is 29.1 Å². The molecule has 5 N–H and O–H groups in total. The van der Waals surface area contributed by atoms with Crippen LogP contribution in [0.25, 0.3) is 33.2 Å². The lowest BCUT2D eigenvalue weighted by molar-refractivity contribution is 0.0922. The van der Waals surface area contributed by atoms with E-state index in [0.29, 0.717) is 11.0 Å². The number of aromatic amines is 2. The molecule has 0 bridgehead atoms. The van der Waals surface area contributed by atoms with Crippen molar-refractivity contribution in [3.63, 3.8) is 0 Å². The zero-order chi connectivity index (χ0) is 21.4. The molecule has 31 heavy (non-hydrogen) atoms. The molecule has 154 valence electrons. The Bertz CT molecular complexity index is 1360. The highest BCUT2D eigenvalue weighted by atomic mass is 16.2. The van der Waals surface area contributed by atoms with E-state index in [4.69, 9.17) is 5.73 Å². The maximum Gasteiger partial charge on any atom is 0.289 e. The lowest BCUT2D eigenvalue weighted by Crippen LogP contribution is -2.39. The number of aromatic nitrogens is 5. The molecule has 0 aliphatic carbocycles. The Hall–Kier alpha value is -4.04. The highest BCUT2D eigenvalue weighted by Gasteiger charge is 2.22. The summed E-state index contributed by atoms with van der Waals surface area (Å²) in [4.78, 5) is 25.9. The molecule has 2 unspecified atom stereocenters. The summed E-state index contributed by atoms with van der Waals surface area (Å²) in [5.74, 6) is -0.231. The predicted molar refractivity (Wildman–Crippen MR) is 119 cm³/mol. The van der Waals surface area contributed by atoms with E-state index in [-0.39, 0.29) is 23.8 Å². The number of carbonyl (C=O) groups is 1. The van der Waals surface area contributed by atoms with Crippen molar-refractivity contribution in [3.8, 4) is 11.3 Å². The van der Waals surface area contributed by atoms with Crippen molar-refractivity contribution in [3.05, 3.63) is 78.4 Å². The van der Waals surface area contributed by atoms with E-state index in [2.05, 4.69) is 30.5 Å². The number of nitrogens with two attached hydrogens (primary N) is 1. The predicted octanol–water partition coefficient (Wildman–Crippen LogP) is 3.32. The van der Waals surface area contributed by atoms with Gasteiger partial charge in [-0.3, -0.25) is 14.9 Å². The minimum Gasteiger partial charge on any atom is -0.341 e. The number of imidazole rings is 1. The lowest BCUT2D eigenvalue weighted by atomic mass is 10.0. The zero-order valence-corrected chi connectivity index (χ0v) is 16.8. The molecule has 0 fully saturated rings. The largest absolute Gasteiger partial charge is 0.341 e. The number of hydrogen-bond donors (Lipinski definition) is 4. The minimum atomic E-state index is -0.355. The van der Waals surface area contributed by atoms with Crippen LogP contribution in [0.2, 0.25) is 0 Å². The van der Waals surface area contributed by atoms with E-state index in [1.165, 1.54) is 0 Å². The van der Waals surface area contributed by atoms with Crippen LogP contribution in [-0.2, 0) is 0 Å². The average molecular weight is 411 g/mol. The van der Waals surface area contributed by atoms with Gasteiger partial charge in [0.15, 0.2) is 0 Å². The van der Waals surface area contributed by atoms with E-state index in [1.807, 2.05) is 61.5 Å². The summed E-state index contributed by atoms with van der Waals surface area (Å²) < 4.78 is 0. The molecule has 1 amide bonds. The standard InChI is InChI=1S/C23H21N7O/c1-13(24)20(14-5-3-2-4-6-14)28-23(31)22-26-18-11-16-17(12-19(18)27-22)29-30-21(16)15-7-9-25-10-8-15/h2-13,20,29-30H,24H2,1H3,(H,28,31). The lowest BCUT2D eigenvalue weighted by Gasteiger charge is -2.22. The first-order valence-corrected chi connectivity index (χ1v) is 10.00. The van der Waals surface area contributed by atoms with Crippen LogP contribution in [0.3, 0.4) is 0 Å². The molecule has 0 saturated carbocycles. The van der Waals surface area contributed by atoms with Crippen molar-refractivity contribution in [1.29, 1.82) is 0 Å². The Balaban J connectivity index is 1.48. The number of nitrogens with one attached hydrogen (secondary N) is 3. The normalized spacial score (nSPS) is 13.4. The molecule has 0 aliphatic rings. The summed E-state index contributed by atoms with van der Waals surface area (Å²) in [7, 11) is 0. The monoisotopic (exact) mass is 411 g/mol. The molecular weight excluding hydrogens is 390 g/mol. The Kier molecular flexibility index (Phi) is 4.68. The molecule has 0 saturated heterocycles. The smallest absolute Gasteiger partial charge is 0.289 e.